The summed E-state index contributed by atoms with van der Waals surface area (Å²) in [6.45, 7) is 0.201. The van der Waals surface area contributed by atoms with Crippen molar-refractivity contribution in [3.63, 3.8) is 0 Å². The van der Waals surface area contributed by atoms with Crippen LogP contribution in [0.25, 0.3) is 10.8 Å². The van der Waals surface area contributed by atoms with Crippen molar-refractivity contribution in [2.45, 2.75) is 31.9 Å². The Hall–Kier alpha value is -3.28. The van der Waals surface area contributed by atoms with Gasteiger partial charge in [0, 0.05) is 6.04 Å². The molecule has 0 unspecified atom stereocenters. The van der Waals surface area contributed by atoms with Gasteiger partial charge in [0.1, 0.15) is 18.1 Å². The molecular formula is C22H21NO5. The van der Waals surface area contributed by atoms with Gasteiger partial charge in [-0.1, -0.05) is 36.8 Å². The largest absolute Gasteiger partial charge is 0.486 e. The van der Waals surface area contributed by atoms with Crippen molar-refractivity contribution in [1.29, 1.82) is 0 Å². The fourth-order valence-electron chi connectivity index (χ4n) is 3.66. The Kier molecular flexibility index (Phi) is 5.02. The van der Waals surface area contributed by atoms with Crippen LogP contribution in [0, 0.1) is 5.92 Å². The molecule has 1 amide bonds. The number of hydrogen-bond donors (Lipinski definition) is 2. The molecule has 0 bridgehead atoms. The molecule has 0 radical (unpaired) electrons. The zero-order valence-corrected chi connectivity index (χ0v) is 15.3. The highest BCUT2D eigenvalue weighted by molar-refractivity contribution is 5.92. The lowest BCUT2D eigenvalue weighted by atomic mass is 10.0. The number of fused-ring (bicyclic) bond motifs is 1. The number of carbonyl (C=O) groups excluding carboxylic acids is 1. The van der Waals surface area contributed by atoms with E-state index in [1.54, 1.807) is 12.1 Å². The van der Waals surface area contributed by atoms with Crippen LogP contribution in [-0.4, -0.2) is 23.0 Å². The second-order valence-electron chi connectivity index (χ2n) is 7.02. The standard InChI is InChI=1S/C22H21NO5/c24-21(23-19-7-3-6-18(19)22(25)26)20-11-10-17(28-20)13-27-16-9-8-14-4-1-2-5-15(14)12-16/h1-2,4-5,8-12,18-19H,3,6-7,13H2,(H,23,24)(H,25,26)/t18-,19+/m1/s1. The van der Waals surface area contributed by atoms with Crippen LogP contribution >= 0.6 is 0 Å². The molecule has 4 rings (SSSR count). The van der Waals surface area contributed by atoms with E-state index in [-0.39, 0.29) is 18.4 Å². The molecule has 1 heterocycles. The van der Waals surface area contributed by atoms with E-state index in [2.05, 4.69) is 5.32 Å². The smallest absolute Gasteiger partial charge is 0.308 e. The van der Waals surface area contributed by atoms with E-state index in [9.17, 15) is 14.7 Å². The topological polar surface area (TPSA) is 88.8 Å². The fraction of sp³-hybridized carbons (Fsp3) is 0.273. The van der Waals surface area contributed by atoms with E-state index < -0.39 is 17.8 Å². The van der Waals surface area contributed by atoms with E-state index >= 15 is 0 Å². The number of furan rings is 1. The maximum atomic E-state index is 12.4. The van der Waals surface area contributed by atoms with E-state index in [0.717, 1.165) is 22.9 Å². The van der Waals surface area contributed by atoms with Crippen LogP contribution in [0.1, 0.15) is 35.6 Å². The van der Waals surface area contributed by atoms with Crippen molar-refractivity contribution in [3.8, 4) is 5.75 Å². The molecule has 1 saturated carbocycles. The summed E-state index contributed by atoms with van der Waals surface area (Å²) < 4.78 is 11.3. The summed E-state index contributed by atoms with van der Waals surface area (Å²) in [4.78, 5) is 23.6. The Morgan fingerprint density at radius 2 is 1.89 bits per heavy atom. The van der Waals surface area contributed by atoms with Crippen LogP contribution in [0.4, 0.5) is 0 Å². The van der Waals surface area contributed by atoms with E-state index in [1.807, 2.05) is 42.5 Å². The molecule has 3 aromatic rings. The van der Waals surface area contributed by atoms with Gasteiger partial charge in [-0.15, -0.1) is 0 Å². The Morgan fingerprint density at radius 3 is 2.71 bits per heavy atom. The molecule has 1 aliphatic rings. The van der Waals surface area contributed by atoms with Gasteiger partial charge in [0.15, 0.2) is 5.76 Å². The van der Waals surface area contributed by atoms with Crippen molar-refractivity contribution >= 4 is 22.6 Å². The van der Waals surface area contributed by atoms with Crippen molar-refractivity contribution in [3.05, 3.63) is 66.1 Å². The predicted octanol–water partition coefficient (Wildman–Crippen LogP) is 3.99. The number of nitrogens with one attached hydrogen (secondary N) is 1. The quantitative estimate of drug-likeness (QED) is 0.676. The molecule has 6 nitrogen and oxygen atoms in total. The summed E-state index contributed by atoms with van der Waals surface area (Å²) in [5.74, 6) is -0.388. The van der Waals surface area contributed by atoms with E-state index in [1.165, 1.54) is 0 Å². The Bertz CT molecular complexity index is 1010. The van der Waals surface area contributed by atoms with Crippen LogP contribution in [0.5, 0.6) is 5.75 Å². The SMILES string of the molecule is O=C(N[C@H]1CCC[C@H]1C(=O)O)c1ccc(COc2ccc3ccccc3c2)o1. The number of hydrogen-bond acceptors (Lipinski definition) is 4. The molecule has 1 aromatic heterocycles. The molecular weight excluding hydrogens is 358 g/mol. The minimum atomic E-state index is -0.869. The minimum absolute atomic E-state index is 0.160. The molecule has 2 atom stereocenters. The summed E-state index contributed by atoms with van der Waals surface area (Å²) in [5.41, 5.74) is 0. The van der Waals surface area contributed by atoms with Crippen LogP contribution in [-0.2, 0) is 11.4 Å². The number of amides is 1. The maximum absolute atomic E-state index is 12.4. The summed E-state index contributed by atoms with van der Waals surface area (Å²) in [6.07, 6.45) is 2.05. The second kappa shape index (κ2) is 7.76. The maximum Gasteiger partial charge on any atom is 0.308 e. The Balaban J connectivity index is 1.37. The van der Waals surface area contributed by atoms with Gasteiger partial charge in [-0.05, 0) is 47.9 Å². The highest BCUT2D eigenvalue weighted by Crippen LogP contribution is 2.26. The van der Waals surface area contributed by atoms with Gasteiger partial charge < -0.3 is 19.6 Å². The van der Waals surface area contributed by atoms with Crippen LogP contribution in [0.2, 0.25) is 0 Å². The highest BCUT2D eigenvalue weighted by Gasteiger charge is 2.34. The highest BCUT2D eigenvalue weighted by atomic mass is 16.5. The summed E-state index contributed by atoms with van der Waals surface area (Å²) >= 11 is 0. The van der Waals surface area contributed by atoms with Gasteiger partial charge in [0.05, 0.1) is 5.92 Å². The van der Waals surface area contributed by atoms with Crippen molar-refractivity contribution in [2.24, 2.45) is 5.92 Å². The monoisotopic (exact) mass is 379 g/mol. The lowest BCUT2D eigenvalue weighted by Gasteiger charge is -2.16. The van der Waals surface area contributed by atoms with Crippen molar-refractivity contribution < 1.29 is 23.8 Å². The lowest BCUT2D eigenvalue weighted by Crippen LogP contribution is -2.40. The number of rotatable bonds is 6. The fourth-order valence-corrected chi connectivity index (χ4v) is 3.66. The molecule has 2 aromatic carbocycles. The van der Waals surface area contributed by atoms with Gasteiger partial charge in [-0.2, -0.15) is 0 Å². The lowest BCUT2D eigenvalue weighted by molar-refractivity contribution is -0.142. The molecule has 1 aliphatic carbocycles. The molecule has 0 saturated heterocycles. The third-order valence-corrected chi connectivity index (χ3v) is 5.14. The number of aliphatic carboxylic acids is 1. The van der Waals surface area contributed by atoms with Gasteiger partial charge >= 0.3 is 5.97 Å². The first-order chi connectivity index (χ1) is 13.6. The van der Waals surface area contributed by atoms with E-state index in [0.29, 0.717) is 18.6 Å². The van der Waals surface area contributed by atoms with Gasteiger partial charge in [0.25, 0.3) is 5.91 Å². The number of carboxylic acids is 1. The number of carboxylic acid groups (broad SMARTS) is 1. The van der Waals surface area contributed by atoms with Crippen LogP contribution in [0.15, 0.2) is 59.0 Å². The van der Waals surface area contributed by atoms with Crippen molar-refractivity contribution in [2.75, 3.05) is 0 Å². The zero-order valence-electron chi connectivity index (χ0n) is 15.3. The first-order valence-corrected chi connectivity index (χ1v) is 9.34. The Morgan fingerprint density at radius 1 is 1.07 bits per heavy atom. The minimum Gasteiger partial charge on any atom is -0.486 e. The third kappa shape index (κ3) is 3.86. The first-order valence-electron chi connectivity index (χ1n) is 9.34. The normalized spacial score (nSPS) is 18.9. The number of ether oxygens (including phenoxy) is 1. The average Bonchev–Trinajstić information content (AvgIpc) is 3.35. The molecule has 28 heavy (non-hydrogen) atoms. The molecule has 6 heteroatoms. The third-order valence-electron chi connectivity index (χ3n) is 5.14. The summed E-state index contributed by atoms with van der Waals surface area (Å²) in [6, 6.07) is 16.8. The Labute approximate surface area is 162 Å². The van der Waals surface area contributed by atoms with Crippen LogP contribution < -0.4 is 10.1 Å². The summed E-state index contributed by atoms with van der Waals surface area (Å²) in [5, 5.41) is 14.2. The second-order valence-corrected chi connectivity index (χ2v) is 7.02. The van der Waals surface area contributed by atoms with Crippen LogP contribution in [0.3, 0.4) is 0 Å². The van der Waals surface area contributed by atoms with Gasteiger partial charge in [0.2, 0.25) is 0 Å². The molecule has 144 valence electrons. The predicted molar refractivity (Wildman–Crippen MR) is 103 cm³/mol. The molecule has 0 aliphatic heterocycles. The van der Waals surface area contributed by atoms with Gasteiger partial charge in [-0.25, -0.2) is 0 Å². The van der Waals surface area contributed by atoms with E-state index in [4.69, 9.17) is 9.15 Å². The number of carbonyl (C=O) groups is 2. The first kappa shape index (κ1) is 18.1. The van der Waals surface area contributed by atoms with Crippen molar-refractivity contribution in [1.82, 2.24) is 5.32 Å². The summed E-state index contributed by atoms with van der Waals surface area (Å²) in [7, 11) is 0. The van der Waals surface area contributed by atoms with Gasteiger partial charge in [-0.3, -0.25) is 9.59 Å². The average molecular weight is 379 g/mol. The molecule has 0 spiro atoms. The molecule has 1 fully saturated rings. The molecule has 2 N–H and O–H groups in total. The zero-order chi connectivity index (χ0) is 19.5. The number of benzene rings is 2.